The molecule has 1 aromatic heterocycles. The Morgan fingerprint density at radius 2 is 2.24 bits per heavy atom. The Morgan fingerprint density at radius 1 is 1.53 bits per heavy atom. The molecule has 0 atom stereocenters. The van der Waals surface area contributed by atoms with Gasteiger partial charge in [-0.3, -0.25) is 4.79 Å². The number of nitrogens with zero attached hydrogens (tertiary/aromatic N) is 3. The van der Waals surface area contributed by atoms with Gasteiger partial charge in [-0.15, -0.1) is 0 Å². The lowest BCUT2D eigenvalue weighted by atomic mass is 9.97. The number of hydrogen-bond acceptors (Lipinski definition) is 4. The zero-order chi connectivity index (χ0) is 12.3. The van der Waals surface area contributed by atoms with Crippen LogP contribution in [0.4, 0.5) is 5.82 Å². The second kappa shape index (κ2) is 5.31. The van der Waals surface area contributed by atoms with Crippen LogP contribution in [0.3, 0.4) is 0 Å². The molecule has 1 aromatic rings. The zero-order valence-corrected chi connectivity index (χ0v) is 10.5. The summed E-state index contributed by atoms with van der Waals surface area (Å²) in [4.78, 5) is 22.4. The van der Waals surface area contributed by atoms with Crippen molar-refractivity contribution in [2.45, 2.75) is 12.8 Å². The van der Waals surface area contributed by atoms with Gasteiger partial charge in [0.15, 0.2) is 0 Å². The molecule has 0 amide bonds. The Balaban J connectivity index is 1.93. The van der Waals surface area contributed by atoms with E-state index in [-0.39, 0.29) is 5.56 Å². The first-order chi connectivity index (χ1) is 8.15. The minimum absolute atomic E-state index is 0.0924. The van der Waals surface area contributed by atoms with Crippen LogP contribution in [0.1, 0.15) is 12.8 Å². The minimum atomic E-state index is -0.0924. The molecule has 0 radical (unpaired) electrons. The van der Waals surface area contributed by atoms with Crippen LogP contribution < -0.4 is 10.5 Å². The first-order valence-electron chi connectivity index (χ1n) is 6.09. The van der Waals surface area contributed by atoms with Gasteiger partial charge in [0.05, 0.1) is 6.33 Å². The fourth-order valence-electron chi connectivity index (χ4n) is 2.29. The molecule has 1 N–H and O–H groups in total. The number of likely N-dealkylation sites (tertiary alicyclic amines) is 1. The van der Waals surface area contributed by atoms with Gasteiger partial charge in [-0.25, -0.2) is 4.98 Å². The summed E-state index contributed by atoms with van der Waals surface area (Å²) >= 11 is 0. The molecule has 1 fully saturated rings. The molecule has 5 nitrogen and oxygen atoms in total. The quantitative estimate of drug-likeness (QED) is 0.832. The van der Waals surface area contributed by atoms with Crippen LogP contribution in [0.5, 0.6) is 0 Å². The van der Waals surface area contributed by atoms with E-state index in [1.165, 1.54) is 32.3 Å². The van der Waals surface area contributed by atoms with Crippen molar-refractivity contribution in [1.82, 2.24) is 14.9 Å². The molecule has 0 unspecified atom stereocenters. The lowest BCUT2D eigenvalue weighted by Crippen LogP contribution is -2.36. The maximum atomic E-state index is 11.2. The van der Waals surface area contributed by atoms with E-state index in [2.05, 4.69) is 26.8 Å². The number of aromatic nitrogens is 2. The average molecular weight is 236 g/mol. The summed E-state index contributed by atoms with van der Waals surface area (Å²) in [6.07, 6.45) is 3.91. The summed E-state index contributed by atoms with van der Waals surface area (Å²) in [5.74, 6) is 1.46. The molecule has 0 aliphatic carbocycles. The van der Waals surface area contributed by atoms with Gasteiger partial charge >= 0.3 is 0 Å². The second-order valence-electron chi connectivity index (χ2n) is 4.90. The van der Waals surface area contributed by atoms with Crippen molar-refractivity contribution in [3.05, 3.63) is 22.7 Å². The van der Waals surface area contributed by atoms with Crippen molar-refractivity contribution >= 4 is 5.82 Å². The first kappa shape index (κ1) is 12.1. The van der Waals surface area contributed by atoms with E-state index in [1.54, 1.807) is 6.07 Å². The van der Waals surface area contributed by atoms with E-state index < -0.39 is 0 Å². The second-order valence-corrected chi connectivity index (χ2v) is 4.90. The molecule has 2 heterocycles. The molecule has 1 aliphatic heterocycles. The van der Waals surface area contributed by atoms with Crippen molar-refractivity contribution in [3.63, 3.8) is 0 Å². The largest absolute Gasteiger partial charge is 0.359 e. The third-order valence-electron chi connectivity index (χ3n) is 3.43. The summed E-state index contributed by atoms with van der Waals surface area (Å²) in [5.41, 5.74) is -0.0924. The van der Waals surface area contributed by atoms with E-state index in [0.717, 1.165) is 12.4 Å². The molecule has 1 aliphatic rings. The van der Waals surface area contributed by atoms with Gasteiger partial charge in [0, 0.05) is 19.7 Å². The number of H-pyrrole nitrogens is 1. The van der Waals surface area contributed by atoms with Crippen LogP contribution in [0.25, 0.3) is 0 Å². The number of anilines is 1. The number of piperidine rings is 1. The van der Waals surface area contributed by atoms with Gasteiger partial charge in [-0.1, -0.05) is 0 Å². The average Bonchev–Trinajstić information content (AvgIpc) is 2.32. The maximum absolute atomic E-state index is 11.2. The molecule has 0 aromatic carbocycles. The standard InChI is InChI=1S/C12H20N4O/c1-15-5-3-10(4-6-15)8-16(2)11-7-12(17)14-9-13-11/h7,9-10H,3-6,8H2,1-2H3,(H,13,14,17). The highest BCUT2D eigenvalue weighted by Crippen LogP contribution is 2.18. The van der Waals surface area contributed by atoms with Gasteiger partial charge in [-0.2, -0.15) is 0 Å². The van der Waals surface area contributed by atoms with Crippen molar-refractivity contribution in [1.29, 1.82) is 0 Å². The van der Waals surface area contributed by atoms with E-state index in [1.807, 2.05) is 7.05 Å². The van der Waals surface area contributed by atoms with Crippen molar-refractivity contribution in [2.75, 3.05) is 38.6 Å². The molecule has 17 heavy (non-hydrogen) atoms. The Morgan fingerprint density at radius 3 is 2.88 bits per heavy atom. The third-order valence-corrected chi connectivity index (χ3v) is 3.43. The summed E-state index contributed by atoms with van der Waals surface area (Å²) in [6.45, 7) is 3.31. The molecule has 2 rings (SSSR count). The SMILES string of the molecule is CN1CCC(CN(C)c2cc(=O)[nH]cn2)CC1. The van der Waals surface area contributed by atoms with Gasteiger partial charge in [0.25, 0.3) is 5.56 Å². The number of aromatic amines is 1. The predicted molar refractivity (Wildman–Crippen MR) is 68.3 cm³/mol. The normalized spacial score (nSPS) is 18.2. The molecule has 5 heteroatoms. The molecule has 0 spiro atoms. The minimum Gasteiger partial charge on any atom is -0.359 e. The summed E-state index contributed by atoms with van der Waals surface area (Å²) < 4.78 is 0. The highest BCUT2D eigenvalue weighted by molar-refractivity contribution is 5.35. The van der Waals surface area contributed by atoms with Gasteiger partial charge in [0.2, 0.25) is 0 Å². The fraction of sp³-hybridized carbons (Fsp3) is 0.667. The lowest BCUT2D eigenvalue weighted by Gasteiger charge is -2.31. The predicted octanol–water partition coefficient (Wildman–Crippen LogP) is 0.548. The number of rotatable bonds is 3. The Bertz CT molecular complexity index is 409. The smallest absolute Gasteiger partial charge is 0.252 e. The molecule has 94 valence electrons. The van der Waals surface area contributed by atoms with Crippen molar-refractivity contribution < 1.29 is 0 Å². The molecule has 1 saturated heterocycles. The van der Waals surface area contributed by atoms with Crippen molar-refractivity contribution in [3.8, 4) is 0 Å². The monoisotopic (exact) mass is 236 g/mol. The highest BCUT2D eigenvalue weighted by atomic mass is 16.1. The van der Waals surface area contributed by atoms with Crippen LogP contribution in [-0.2, 0) is 0 Å². The van der Waals surface area contributed by atoms with Crippen LogP contribution in [0.15, 0.2) is 17.2 Å². The Labute approximate surface area is 101 Å². The van der Waals surface area contributed by atoms with E-state index in [0.29, 0.717) is 5.92 Å². The molecule has 0 saturated carbocycles. The molecular weight excluding hydrogens is 216 g/mol. The van der Waals surface area contributed by atoms with Crippen LogP contribution in [-0.4, -0.2) is 48.6 Å². The van der Waals surface area contributed by atoms with Crippen molar-refractivity contribution in [2.24, 2.45) is 5.92 Å². The highest BCUT2D eigenvalue weighted by Gasteiger charge is 2.18. The summed E-state index contributed by atoms with van der Waals surface area (Å²) in [5, 5.41) is 0. The van der Waals surface area contributed by atoms with Crippen LogP contribution in [0, 0.1) is 5.92 Å². The summed E-state index contributed by atoms with van der Waals surface area (Å²) in [6, 6.07) is 1.55. The van der Waals surface area contributed by atoms with Gasteiger partial charge < -0.3 is 14.8 Å². The van der Waals surface area contributed by atoms with Gasteiger partial charge in [0.1, 0.15) is 5.82 Å². The maximum Gasteiger partial charge on any atom is 0.252 e. The Hall–Kier alpha value is -1.36. The van der Waals surface area contributed by atoms with E-state index in [9.17, 15) is 4.79 Å². The first-order valence-corrected chi connectivity index (χ1v) is 6.09. The van der Waals surface area contributed by atoms with Gasteiger partial charge in [-0.05, 0) is 38.9 Å². The van der Waals surface area contributed by atoms with Crippen LogP contribution >= 0.6 is 0 Å². The molecule has 0 bridgehead atoms. The Kier molecular flexibility index (Phi) is 3.78. The summed E-state index contributed by atoms with van der Waals surface area (Å²) in [7, 11) is 4.17. The van der Waals surface area contributed by atoms with E-state index >= 15 is 0 Å². The number of nitrogens with one attached hydrogen (secondary N) is 1. The topological polar surface area (TPSA) is 52.2 Å². The third kappa shape index (κ3) is 3.30. The zero-order valence-electron chi connectivity index (χ0n) is 10.5. The number of hydrogen-bond donors (Lipinski definition) is 1. The lowest BCUT2D eigenvalue weighted by molar-refractivity contribution is 0.222. The fourth-order valence-corrected chi connectivity index (χ4v) is 2.29. The van der Waals surface area contributed by atoms with E-state index in [4.69, 9.17) is 0 Å². The molecular formula is C12H20N4O. The van der Waals surface area contributed by atoms with Crippen LogP contribution in [0.2, 0.25) is 0 Å².